The molecule has 0 fully saturated rings. The molecule has 0 radical (unpaired) electrons. The number of benzene rings is 2. The van der Waals surface area contributed by atoms with Crippen LogP contribution in [-0.4, -0.2) is 34.0 Å². The first-order valence-corrected chi connectivity index (χ1v) is 10.5. The highest BCUT2D eigenvalue weighted by atomic mass is 32.3. The molecule has 1 aliphatic rings. The second kappa shape index (κ2) is 7.70. The van der Waals surface area contributed by atoms with E-state index in [1.54, 1.807) is 36.9 Å². The van der Waals surface area contributed by atoms with E-state index in [1.165, 1.54) is 0 Å². The second-order valence-electron chi connectivity index (χ2n) is 5.51. The predicted octanol–water partition coefficient (Wildman–Crippen LogP) is 4.59. The van der Waals surface area contributed by atoms with E-state index >= 15 is 0 Å². The monoisotopic (exact) mass is 380 g/mol. The van der Waals surface area contributed by atoms with E-state index in [9.17, 15) is 13.9 Å². The van der Waals surface area contributed by atoms with Crippen LogP contribution in [0.3, 0.4) is 0 Å². The molecule has 1 unspecified atom stereocenters. The molecule has 7 heteroatoms. The average molecular weight is 380 g/mol. The van der Waals surface area contributed by atoms with E-state index in [1.807, 2.05) is 30.3 Å². The summed E-state index contributed by atoms with van der Waals surface area (Å²) in [6.07, 6.45) is 0. The number of carbonyl (C=O) groups excluding carboxylic acids is 1. The van der Waals surface area contributed by atoms with Crippen molar-refractivity contribution in [2.75, 3.05) is 19.0 Å². The van der Waals surface area contributed by atoms with E-state index in [4.69, 9.17) is 9.47 Å². The van der Waals surface area contributed by atoms with Crippen LogP contribution in [0, 0.1) is 0 Å². The summed E-state index contributed by atoms with van der Waals surface area (Å²) in [4.78, 5) is 13.1. The van der Waals surface area contributed by atoms with Crippen molar-refractivity contribution in [3.8, 4) is 5.75 Å². The molecular formula is C18H20O5S2. The van der Waals surface area contributed by atoms with Gasteiger partial charge < -0.3 is 9.47 Å². The third kappa shape index (κ3) is 4.12. The number of hydrogen-bond acceptors (Lipinski definition) is 6. The van der Waals surface area contributed by atoms with Crippen molar-refractivity contribution in [2.24, 2.45) is 0 Å². The molecule has 5 nitrogen and oxygen atoms in total. The second-order valence-corrected chi connectivity index (χ2v) is 8.90. The third-order valence-corrected chi connectivity index (χ3v) is 7.06. The van der Waals surface area contributed by atoms with Crippen LogP contribution in [0.2, 0.25) is 0 Å². The van der Waals surface area contributed by atoms with Crippen LogP contribution >= 0.6 is 22.4 Å². The average Bonchev–Trinajstić information content (AvgIpc) is 2.85. The van der Waals surface area contributed by atoms with Crippen molar-refractivity contribution in [1.82, 2.24) is 0 Å². The predicted molar refractivity (Wildman–Crippen MR) is 99.6 cm³/mol. The Hall–Kier alpha value is -1.67. The normalized spacial score (nSPS) is 19.1. The first kappa shape index (κ1) is 18.1. The Balaban J connectivity index is 1.87. The lowest BCUT2D eigenvalue weighted by molar-refractivity contribution is -0.145. The van der Waals surface area contributed by atoms with Crippen LogP contribution in [0.5, 0.6) is 5.75 Å². The molecule has 134 valence electrons. The maximum absolute atomic E-state index is 11.6. The summed E-state index contributed by atoms with van der Waals surface area (Å²) in [5.74, 6) is 0.287. The van der Waals surface area contributed by atoms with Crippen molar-refractivity contribution in [1.29, 1.82) is 0 Å². The summed E-state index contributed by atoms with van der Waals surface area (Å²) in [5, 5.41) is -0.152. The fourth-order valence-corrected chi connectivity index (χ4v) is 6.31. The largest absolute Gasteiger partial charge is 0.482 e. The van der Waals surface area contributed by atoms with E-state index < -0.39 is 16.6 Å². The number of hydrogen-bond donors (Lipinski definition) is 2. The highest BCUT2D eigenvalue weighted by Gasteiger charge is 2.38. The van der Waals surface area contributed by atoms with Crippen LogP contribution in [0.4, 0.5) is 0 Å². The Kier molecular flexibility index (Phi) is 5.58. The topological polar surface area (TPSA) is 76.0 Å². The Labute approximate surface area is 152 Å². The molecule has 1 aliphatic heterocycles. The van der Waals surface area contributed by atoms with Gasteiger partial charge in [-0.05, 0) is 31.2 Å². The van der Waals surface area contributed by atoms with Crippen molar-refractivity contribution < 1.29 is 23.4 Å². The fraction of sp³-hybridized carbons (Fsp3) is 0.278. The maximum Gasteiger partial charge on any atom is 0.344 e. The van der Waals surface area contributed by atoms with Crippen LogP contribution in [0.1, 0.15) is 17.7 Å². The molecule has 1 heterocycles. The van der Waals surface area contributed by atoms with Gasteiger partial charge in [-0.2, -0.15) is 10.6 Å². The van der Waals surface area contributed by atoms with Gasteiger partial charge in [0.2, 0.25) is 0 Å². The summed E-state index contributed by atoms with van der Waals surface area (Å²) >= 11 is 1.56. The molecule has 0 amide bonds. The molecule has 25 heavy (non-hydrogen) atoms. The number of carbonyl (C=O) groups is 1. The van der Waals surface area contributed by atoms with Gasteiger partial charge in [-0.25, -0.2) is 4.79 Å². The zero-order valence-electron chi connectivity index (χ0n) is 13.8. The molecule has 0 aromatic heterocycles. The third-order valence-electron chi connectivity index (χ3n) is 3.76. The summed E-state index contributed by atoms with van der Waals surface area (Å²) in [5.41, 5.74) is 0.751. The van der Waals surface area contributed by atoms with E-state index in [-0.39, 0.29) is 17.6 Å². The van der Waals surface area contributed by atoms with E-state index in [2.05, 4.69) is 0 Å². The van der Waals surface area contributed by atoms with Crippen molar-refractivity contribution in [3.63, 3.8) is 0 Å². The van der Waals surface area contributed by atoms with Crippen LogP contribution in [0.15, 0.2) is 58.3 Å². The molecule has 1 atom stereocenters. The number of esters is 1. The number of fused-ring (bicyclic) bond motifs is 1. The quantitative estimate of drug-likeness (QED) is 0.714. The Morgan fingerprint density at radius 3 is 2.68 bits per heavy atom. The Bertz CT molecular complexity index is 748. The molecule has 2 aromatic rings. The molecule has 0 aliphatic carbocycles. The van der Waals surface area contributed by atoms with Gasteiger partial charge >= 0.3 is 5.97 Å². The zero-order valence-corrected chi connectivity index (χ0v) is 15.4. The minimum atomic E-state index is -2.86. The molecule has 2 aromatic carbocycles. The smallest absolute Gasteiger partial charge is 0.344 e. The molecule has 0 spiro atoms. The summed E-state index contributed by atoms with van der Waals surface area (Å²) in [7, 11) is -2.86. The van der Waals surface area contributed by atoms with Crippen LogP contribution in [-0.2, 0) is 9.53 Å². The van der Waals surface area contributed by atoms with E-state index in [0.717, 1.165) is 10.5 Å². The highest BCUT2D eigenvalue weighted by Crippen LogP contribution is 2.64. The molecule has 0 bridgehead atoms. The van der Waals surface area contributed by atoms with Gasteiger partial charge in [0.05, 0.1) is 22.5 Å². The van der Waals surface area contributed by atoms with Crippen molar-refractivity contribution >= 4 is 28.3 Å². The first-order valence-electron chi connectivity index (χ1n) is 7.90. The summed E-state index contributed by atoms with van der Waals surface area (Å²) in [6, 6.07) is 15.0. The fourth-order valence-electron chi connectivity index (χ4n) is 2.73. The van der Waals surface area contributed by atoms with Crippen molar-refractivity contribution in [3.05, 3.63) is 54.1 Å². The summed E-state index contributed by atoms with van der Waals surface area (Å²) < 4.78 is 31.4. The zero-order chi connectivity index (χ0) is 17.9. The molecule has 3 rings (SSSR count). The molecule has 2 N–H and O–H groups in total. The van der Waals surface area contributed by atoms with Gasteiger partial charge in [-0.3, -0.25) is 9.11 Å². The van der Waals surface area contributed by atoms with Gasteiger partial charge in [0.25, 0.3) is 0 Å². The van der Waals surface area contributed by atoms with Gasteiger partial charge in [0, 0.05) is 10.5 Å². The van der Waals surface area contributed by atoms with Gasteiger partial charge in [-0.15, -0.1) is 11.8 Å². The lowest BCUT2D eigenvalue weighted by Crippen LogP contribution is -2.15. The standard InChI is InChI=1S/C18H20O5S2/c1-2-22-17(19)11-23-14-9-6-10-16-18(14)15(12-25(16,20)21)24-13-7-4-3-5-8-13/h3-10,15,20-21H,2,11-12H2,1H3. The number of ether oxygens (including phenoxy) is 2. The van der Waals surface area contributed by atoms with Crippen molar-refractivity contribution in [2.45, 2.75) is 22.0 Å². The minimum absolute atomic E-state index is 0.152. The van der Waals surface area contributed by atoms with Crippen LogP contribution in [0.25, 0.3) is 0 Å². The molecule has 0 saturated heterocycles. The maximum atomic E-state index is 11.6. The first-order chi connectivity index (χ1) is 12.0. The Morgan fingerprint density at radius 2 is 1.96 bits per heavy atom. The van der Waals surface area contributed by atoms with Gasteiger partial charge in [-0.1, -0.05) is 24.3 Å². The molecular weight excluding hydrogens is 360 g/mol. The van der Waals surface area contributed by atoms with Crippen LogP contribution < -0.4 is 4.74 Å². The number of thioether (sulfide) groups is 1. The Morgan fingerprint density at radius 1 is 1.20 bits per heavy atom. The van der Waals surface area contributed by atoms with Gasteiger partial charge in [0.15, 0.2) is 6.61 Å². The SMILES string of the molecule is CCOC(=O)COc1cccc2c1C(Sc1ccccc1)CS2(O)O. The number of rotatable bonds is 6. The summed E-state index contributed by atoms with van der Waals surface area (Å²) in [6.45, 7) is 1.83. The highest BCUT2D eigenvalue weighted by molar-refractivity contribution is 8.25. The lowest BCUT2D eigenvalue weighted by atomic mass is 10.1. The molecule has 0 saturated carbocycles. The minimum Gasteiger partial charge on any atom is -0.482 e. The lowest BCUT2D eigenvalue weighted by Gasteiger charge is -2.27. The van der Waals surface area contributed by atoms with Gasteiger partial charge in [0.1, 0.15) is 5.75 Å². The van der Waals surface area contributed by atoms with E-state index in [0.29, 0.717) is 17.3 Å².